The molecule has 1 amide bonds. The maximum absolute atomic E-state index is 12.2. The van der Waals surface area contributed by atoms with Crippen LogP contribution >= 0.6 is 0 Å². The average molecular weight is 239 g/mol. The predicted octanol–water partition coefficient (Wildman–Crippen LogP) is 0.719. The topological polar surface area (TPSA) is 67.4 Å². The van der Waals surface area contributed by atoms with Gasteiger partial charge in [0.15, 0.2) is 7.11 Å². The van der Waals surface area contributed by atoms with Crippen LogP contribution in [0.4, 0.5) is 5.69 Å². The molecule has 0 unspecified atom stereocenters. The Balaban J connectivity index is 2.43. The minimum atomic E-state index is -0.184. The Morgan fingerprint density at radius 2 is 2.18 bits per heavy atom. The zero-order valence-corrected chi connectivity index (χ0v) is 10.1. The average Bonchev–Trinajstić information content (AvgIpc) is 2.72. The zero-order chi connectivity index (χ0) is 12.6. The van der Waals surface area contributed by atoms with Crippen LogP contribution in [0.3, 0.4) is 0 Å². The molecule has 7 nitrogen and oxygen atoms in total. The number of carbonyl (C=O) groups is 1. The summed E-state index contributed by atoms with van der Waals surface area (Å²) in [6.07, 6.45) is 1.35. The number of fused-ring (bicyclic) bond motifs is 1. The van der Waals surface area contributed by atoms with Gasteiger partial charge in [0.05, 0.1) is 11.5 Å². The van der Waals surface area contributed by atoms with Crippen LogP contribution in [-0.4, -0.2) is 45.2 Å². The summed E-state index contributed by atoms with van der Waals surface area (Å²) < 4.78 is 1.54. The maximum Gasteiger partial charge on any atom is 0.367 e. The van der Waals surface area contributed by atoms with Gasteiger partial charge in [-0.25, -0.2) is 4.84 Å². The molecule has 0 saturated carbocycles. The Morgan fingerprint density at radius 1 is 1.47 bits per heavy atom. The molecule has 0 aromatic carbocycles. The molecule has 0 spiro atoms. The SMILES string of the molecule is CO[N+](=O)c1cnn2c1C(=O)N(C(C)C)CC2. The molecule has 2 rings (SSSR count). The van der Waals surface area contributed by atoms with Gasteiger partial charge in [0.25, 0.3) is 10.8 Å². The molecule has 0 N–H and O–H groups in total. The van der Waals surface area contributed by atoms with E-state index < -0.39 is 0 Å². The summed E-state index contributed by atoms with van der Waals surface area (Å²) in [6.45, 7) is 5.08. The van der Waals surface area contributed by atoms with Gasteiger partial charge in [-0.05, 0) is 13.8 Å². The minimum Gasteiger partial charge on any atom is -0.333 e. The highest BCUT2D eigenvalue weighted by Crippen LogP contribution is 2.24. The van der Waals surface area contributed by atoms with Gasteiger partial charge in [-0.3, -0.25) is 9.48 Å². The number of aromatic nitrogens is 2. The van der Waals surface area contributed by atoms with Gasteiger partial charge in [0, 0.05) is 12.6 Å². The Kier molecular flexibility index (Phi) is 2.83. The van der Waals surface area contributed by atoms with Gasteiger partial charge >= 0.3 is 5.69 Å². The summed E-state index contributed by atoms with van der Waals surface area (Å²) in [5, 5.41) is 4.02. The Morgan fingerprint density at radius 3 is 2.76 bits per heavy atom. The molecule has 1 aliphatic rings. The fraction of sp³-hybridized carbons (Fsp3) is 0.600. The van der Waals surface area contributed by atoms with Crippen LogP contribution in [0.25, 0.3) is 0 Å². The van der Waals surface area contributed by atoms with Crippen molar-refractivity contribution in [3.8, 4) is 0 Å². The number of amides is 1. The predicted molar refractivity (Wildman–Crippen MR) is 58.7 cm³/mol. The minimum absolute atomic E-state index is 0.0987. The van der Waals surface area contributed by atoms with Crippen molar-refractivity contribution in [1.82, 2.24) is 14.7 Å². The summed E-state index contributed by atoms with van der Waals surface area (Å²) in [7, 11) is 1.25. The number of nitrogens with zero attached hydrogens (tertiary/aromatic N) is 4. The first-order chi connectivity index (χ1) is 8.06. The Hall–Kier alpha value is -1.92. The van der Waals surface area contributed by atoms with E-state index in [1.807, 2.05) is 13.8 Å². The number of rotatable bonds is 3. The van der Waals surface area contributed by atoms with Crippen LogP contribution in [0.15, 0.2) is 6.20 Å². The van der Waals surface area contributed by atoms with E-state index in [2.05, 4.69) is 9.94 Å². The first-order valence-corrected chi connectivity index (χ1v) is 5.44. The van der Waals surface area contributed by atoms with Gasteiger partial charge in [-0.1, -0.05) is 0 Å². The van der Waals surface area contributed by atoms with Gasteiger partial charge < -0.3 is 4.90 Å². The van der Waals surface area contributed by atoms with E-state index >= 15 is 0 Å². The highest BCUT2D eigenvalue weighted by Gasteiger charge is 2.37. The van der Waals surface area contributed by atoms with Gasteiger partial charge in [0.1, 0.15) is 6.20 Å². The molecule has 0 saturated heterocycles. The van der Waals surface area contributed by atoms with E-state index in [1.165, 1.54) is 13.3 Å². The second kappa shape index (κ2) is 4.15. The summed E-state index contributed by atoms with van der Waals surface area (Å²) in [5.41, 5.74) is 0.449. The summed E-state index contributed by atoms with van der Waals surface area (Å²) in [5.74, 6) is -0.184. The van der Waals surface area contributed by atoms with Gasteiger partial charge in [0.2, 0.25) is 5.69 Å². The second-order valence-corrected chi connectivity index (χ2v) is 4.13. The molecule has 2 heterocycles. The van der Waals surface area contributed by atoms with E-state index in [9.17, 15) is 9.70 Å². The maximum atomic E-state index is 12.2. The van der Waals surface area contributed by atoms with E-state index in [-0.39, 0.29) is 17.6 Å². The number of hydrogen-bond acceptors (Lipinski definition) is 4. The van der Waals surface area contributed by atoms with Crippen LogP contribution in [0.5, 0.6) is 0 Å². The molecule has 0 radical (unpaired) electrons. The quantitative estimate of drug-likeness (QED) is 0.729. The van der Waals surface area contributed by atoms with Crippen molar-refractivity contribution in [1.29, 1.82) is 0 Å². The first-order valence-electron chi connectivity index (χ1n) is 5.44. The third-order valence-electron chi connectivity index (χ3n) is 2.82. The number of carbonyl (C=O) groups excluding carboxylic acids is 1. The van der Waals surface area contributed by atoms with Crippen molar-refractivity contribution in [3.63, 3.8) is 0 Å². The first kappa shape index (κ1) is 11.6. The molecule has 1 aliphatic heterocycles. The van der Waals surface area contributed by atoms with Crippen LogP contribution in [0.2, 0.25) is 0 Å². The molecule has 0 aliphatic carbocycles. The van der Waals surface area contributed by atoms with Crippen LogP contribution < -0.4 is 0 Å². The molecule has 1 aromatic rings. The van der Waals surface area contributed by atoms with Crippen molar-refractivity contribution >= 4 is 11.6 Å². The standard InChI is InChI=1S/C10H15N4O3/c1-7(2)12-4-5-13-9(10(12)15)8(6-11-13)14(16)17-3/h6-7H,4-5H2,1-3H3/q+1. The lowest BCUT2D eigenvalue weighted by Gasteiger charge is -2.30. The molecule has 0 atom stereocenters. The molecule has 7 heteroatoms. The number of hydrogen-bond donors (Lipinski definition) is 0. The third kappa shape index (κ3) is 1.77. The van der Waals surface area contributed by atoms with Gasteiger partial charge in [-0.2, -0.15) is 5.10 Å². The molecular weight excluding hydrogens is 224 g/mol. The fourth-order valence-corrected chi connectivity index (χ4v) is 1.93. The highest BCUT2D eigenvalue weighted by atomic mass is 16.8. The lowest BCUT2D eigenvalue weighted by atomic mass is 10.2. The zero-order valence-electron chi connectivity index (χ0n) is 10.1. The van der Waals surface area contributed by atoms with Gasteiger partial charge in [-0.15, -0.1) is 0 Å². The lowest BCUT2D eigenvalue weighted by Crippen LogP contribution is -2.44. The Bertz CT molecular complexity index is 466. The van der Waals surface area contributed by atoms with Crippen molar-refractivity contribution in [2.45, 2.75) is 26.4 Å². The van der Waals surface area contributed by atoms with Crippen LogP contribution in [0, 0.1) is 4.91 Å². The molecule has 17 heavy (non-hydrogen) atoms. The molecule has 92 valence electrons. The highest BCUT2D eigenvalue weighted by molar-refractivity contribution is 5.97. The Labute approximate surface area is 98.5 Å². The van der Waals surface area contributed by atoms with E-state index in [4.69, 9.17) is 0 Å². The van der Waals surface area contributed by atoms with Crippen molar-refractivity contribution in [2.75, 3.05) is 13.7 Å². The molecular formula is C10H15N4O3+. The van der Waals surface area contributed by atoms with E-state index in [0.717, 1.165) is 0 Å². The fourth-order valence-electron chi connectivity index (χ4n) is 1.93. The molecule has 0 bridgehead atoms. The third-order valence-corrected chi connectivity index (χ3v) is 2.82. The smallest absolute Gasteiger partial charge is 0.333 e. The van der Waals surface area contributed by atoms with Crippen LogP contribution in [-0.2, 0) is 11.4 Å². The second-order valence-electron chi connectivity index (χ2n) is 4.13. The van der Waals surface area contributed by atoms with Crippen molar-refractivity contribution < 1.29 is 14.6 Å². The summed E-state index contributed by atoms with van der Waals surface area (Å²) in [4.78, 5) is 30.2. The molecule has 0 fully saturated rings. The van der Waals surface area contributed by atoms with Crippen molar-refractivity contribution in [2.24, 2.45) is 0 Å². The van der Waals surface area contributed by atoms with Crippen LogP contribution in [0.1, 0.15) is 24.3 Å². The lowest BCUT2D eigenvalue weighted by molar-refractivity contribution is -0.736. The summed E-state index contributed by atoms with van der Waals surface area (Å²) >= 11 is 0. The largest absolute Gasteiger partial charge is 0.367 e. The normalized spacial score (nSPS) is 15.1. The summed E-state index contributed by atoms with van der Waals surface area (Å²) in [6, 6.07) is 0.0987. The molecule has 1 aromatic heterocycles. The van der Waals surface area contributed by atoms with Crippen molar-refractivity contribution in [3.05, 3.63) is 16.8 Å². The van der Waals surface area contributed by atoms with E-state index in [0.29, 0.717) is 23.7 Å². The van der Waals surface area contributed by atoms with E-state index in [1.54, 1.807) is 9.58 Å². The monoisotopic (exact) mass is 239 g/mol.